The normalized spacial score (nSPS) is 10.3. The van der Waals surface area contributed by atoms with E-state index in [4.69, 9.17) is 4.74 Å². The molecule has 0 amide bonds. The van der Waals surface area contributed by atoms with Crippen molar-refractivity contribution in [2.75, 3.05) is 0 Å². The summed E-state index contributed by atoms with van der Waals surface area (Å²) in [7, 11) is 0. The van der Waals surface area contributed by atoms with Crippen molar-refractivity contribution in [2.24, 2.45) is 0 Å². The van der Waals surface area contributed by atoms with Crippen LogP contribution >= 0.6 is 0 Å². The van der Waals surface area contributed by atoms with Crippen molar-refractivity contribution in [1.82, 2.24) is 0 Å². The van der Waals surface area contributed by atoms with Crippen LogP contribution in [0.4, 0.5) is 0 Å². The minimum atomic E-state index is 0.642. The SMILES string of the molecule is C=CCc1ccc(COCc2ccc(CC=C)cc2)cc1. The van der Waals surface area contributed by atoms with Crippen LogP contribution in [0.15, 0.2) is 73.8 Å². The lowest BCUT2D eigenvalue weighted by atomic mass is 10.1. The van der Waals surface area contributed by atoms with Gasteiger partial charge in [-0.3, -0.25) is 0 Å². The molecule has 108 valence electrons. The quantitative estimate of drug-likeness (QED) is 0.627. The molecule has 0 saturated heterocycles. The van der Waals surface area contributed by atoms with Crippen LogP contribution < -0.4 is 0 Å². The molecular formula is C20H22O. The van der Waals surface area contributed by atoms with Crippen LogP contribution in [0.2, 0.25) is 0 Å². The third kappa shape index (κ3) is 5.05. The Morgan fingerprint density at radius 2 is 0.952 bits per heavy atom. The number of hydrogen-bond donors (Lipinski definition) is 0. The smallest absolute Gasteiger partial charge is 0.0721 e. The monoisotopic (exact) mass is 278 g/mol. The molecule has 0 aliphatic heterocycles. The van der Waals surface area contributed by atoms with Gasteiger partial charge in [-0.15, -0.1) is 13.2 Å². The summed E-state index contributed by atoms with van der Waals surface area (Å²) in [5.74, 6) is 0. The van der Waals surface area contributed by atoms with Gasteiger partial charge in [-0.1, -0.05) is 60.7 Å². The standard InChI is InChI=1S/C20H22O/c1-3-5-17-7-11-19(12-8-17)15-21-16-20-13-9-18(6-4-2)10-14-20/h3-4,7-14H,1-2,5-6,15-16H2. The summed E-state index contributed by atoms with van der Waals surface area (Å²) in [5.41, 5.74) is 4.97. The predicted octanol–water partition coefficient (Wildman–Crippen LogP) is 4.86. The van der Waals surface area contributed by atoms with Crippen molar-refractivity contribution in [3.63, 3.8) is 0 Å². The molecule has 0 radical (unpaired) electrons. The fraction of sp³-hybridized carbons (Fsp3) is 0.200. The number of allylic oxidation sites excluding steroid dienone is 2. The van der Waals surface area contributed by atoms with Crippen LogP contribution in [0.25, 0.3) is 0 Å². The van der Waals surface area contributed by atoms with Crippen molar-refractivity contribution < 1.29 is 4.74 Å². The second-order valence-corrected chi connectivity index (χ2v) is 5.11. The van der Waals surface area contributed by atoms with Crippen molar-refractivity contribution >= 4 is 0 Å². The number of benzene rings is 2. The van der Waals surface area contributed by atoms with Gasteiger partial charge in [0.1, 0.15) is 0 Å². The zero-order valence-corrected chi connectivity index (χ0v) is 12.4. The average Bonchev–Trinajstić information content (AvgIpc) is 2.51. The van der Waals surface area contributed by atoms with E-state index in [0.29, 0.717) is 13.2 Å². The molecule has 0 N–H and O–H groups in total. The summed E-state index contributed by atoms with van der Waals surface area (Å²) in [6.45, 7) is 8.78. The predicted molar refractivity (Wildman–Crippen MR) is 89.2 cm³/mol. The largest absolute Gasteiger partial charge is 0.372 e. The summed E-state index contributed by atoms with van der Waals surface area (Å²) in [5, 5.41) is 0. The molecule has 0 aliphatic carbocycles. The maximum Gasteiger partial charge on any atom is 0.0721 e. The van der Waals surface area contributed by atoms with E-state index >= 15 is 0 Å². The maximum atomic E-state index is 5.77. The van der Waals surface area contributed by atoms with Gasteiger partial charge < -0.3 is 4.74 Å². The number of ether oxygens (including phenoxy) is 1. The molecule has 0 spiro atoms. The highest BCUT2D eigenvalue weighted by Gasteiger charge is 1.97. The van der Waals surface area contributed by atoms with E-state index in [-0.39, 0.29) is 0 Å². The third-order valence-electron chi connectivity index (χ3n) is 3.34. The first kappa shape index (κ1) is 15.3. The summed E-state index contributed by atoms with van der Waals surface area (Å²) in [6.07, 6.45) is 5.67. The highest BCUT2D eigenvalue weighted by atomic mass is 16.5. The first-order valence-electron chi connectivity index (χ1n) is 7.27. The number of rotatable bonds is 8. The Hall–Kier alpha value is -2.12. The van der Waals surface area contributed by atoms with Crippen molar-refractivity contribution in [1.29, 1.82) is 0 Å². The van der Waals surface area contributed by atoms with Crippen LogP contribution in [0, 0.1) is 0 Å². The molecule has 2 aromatic rings. The molecule has 21 heavy (non-hydrogen) atoms. The fourth-order valence-corrected chi connectivity index (χ4v) is 2.16. The topological polar surface area (TPSA) is 9.23 Å². The zero-order chi connectivity index (χ0) is 14.9. The Labute approximate surface area is 127 Å². The van der Waals surface area contributed by atoms with Gasteiger partial charge in [0.2, 0.25) is 0 Å². The van der Waals surface area contributed by atoms with Gasteiger partial charge in [-0.25, -0.2) is 0 Å². The Balaban J connectivity index is 1.80. The first-order chi connectivity index (χ1) is 10.3. The van der Waals surface area contributed by atoms with Crippen LogP contribution in [0.1, 0.15) is 22.3 Å². The molecule has 0 bridgehead atoms. The average molecular weight is 278 g/mol. The van der Waals surface area contributed by atoms with Gasteiger partial charge in [-0.05, 0) is 35.1 Å². The lowest BCUT2D eigenvalue weighted by molar-refractivity contribution is 0.107. The van der Waals surface area contributed by atoms with E-state index in [1.54, 1.807) is 0 Å². The van der Waals surface area contributed by atoms with Gasteiger partial charge in [0.25, 0.3) is 0 Å². The van der Waals surface area contributed by atoms with Crippen LogP contribution in [-0.2, 0) is 30.8 Å². The van der Waals surface area contributed by atoms with Crippen molar-refractivity contribution in [2.45, 2.75) is 26.1 Å². The lowest BCUT2D eigenvalue weighted by Gasteiger charge is -2.06. The molecule has 1 nitrogen and oxygen atoms in total. The van der Waals surface area contributed by atoms with Gasteiger partial charge in [0.05, 0.1) is 13.2 Å². The Morgan fingerprint density at radius 3 is 1.29 bits per heavy atom. The minimum absolute atomic E-state index is 0.642. The summed E-state index contributed by atoms with van der Waals surface area (Å²) >= 11 is 0. The Kier molecular flexibility index (Phi) is 5.99. The molecule has 2 rings (SSSR count). The Morgan fingerprint density at radius 1 is 0.619 bits per heavy atom. The van der Waals surface area contributed by atoms with Gasteiger partial charge in [0.15, 0.2) is 0 Å². The van der Waals surface area contributed by atoms with Gasteiger partial charge in [-0.2, -0.15) is 0 Å². The van der Waals surface area contributed by atoms with E-state index in [2.05, 4.69) is 61.7 Å². The molecule has 0 aromatic heterocycles. The van der Waals surface area contributed by atoms with E-state index in [1.165, 1.54) is 22.3 Å². The lowest BCUT2D eigenvalue weighted by Crippen LogP contribution is -1.95. The molecule has 0 unspecified atom stereocenters. The van der Waals surface area contributed by atoms with Gasteiger partial charge in [0, 0.05) is 0 Å². The molecule has 0 atom stereocenters. The summed E-state index contributed by atoms with van der Waals surface area (Å²) in [6, 6.07) is 17.0. The first-order valence-corrected chi connectivity index (χ1v) is 7.27. The highest BCUT2D eigenvalue weighted by molar-refractivity contribution is 5.24. The number of hydrogen-bond acceptors (Lipinski definition) is 1. The maximum absolute atomic E-state index is 5.77. The molecule has 0 saturated carbocycles. The van der Waals surface area contributed by atoms with E-state index in [9.17, 15) is 0 Å². The van der Waals surface area contributed by atoms with E-state index in [0.717, 1.165) is 12.8 Å². The second-order valence-electron chi connectivity index (χ2n) is 5.11. The van der Waals surface area contributed by atoms with Crippen molar-refractivity contribution in [3.8, 4) is 0 Å². The fourth-order valence-electron chi connectivity index (χ4n) is 2.16. The zero-order valence-electron chi connectivity index (χ0n) is 12.4. The van der Waals surface area contributed by atoms with E-state index < -0.39 is 0 Å². The molecule has 0 aliphatic rings. The minimum Gasteiger partial charge on any atom is -0.372 e. The molecule has 1 heteroatoms. The highest BCUT2D eigenvalue weighted by Crippen LogP contribution is 2.10. The van der Waals surface area contributed by atoms with Crippen LogP contribution in [-0.4, -0.2) is 0 Å². The third-order valence-corrected chi connectivity index (χ3v) is 3.34. The van der Waals surface area contributed by atoms with Crippen LogP contribution in [0.3, 0.4) is 0 Å². The molecule has 0 fully saturated rings. The molecule has 2 aromatic carbocycles. The summed E-state index contributed by atoms with van der Waals surface area (Å²) < 4.78 is 5.77. The Bertz CT molecular complexity index is 510. The van der Waals surface area contributed by atoms with E-state index in [1.807, 2.05) is 12.2 Å². The molecule has 0 heterocycles. The molecular weight excluding hydrogens is 256 g/mol. The van der Waals surface area contributed by atoms with Crippen LogP contribution in [0.5, 0.6) is 0 Å². The summed E-state index contributed by atoms with van der Waals surface area (Å²) in [4.78, 5) is 0. The van der Waals surface area contributed by atoms with Crippen molar-refractivity contribution in [3.05, 3.63) is 96.1 Å². The van der Waals surface area contributed by atoms with Gasteiger partial charge >= 0.3 is 0 Å². The second kappa shape index (κ2) is 8.23.